The first kappa shape index (κ1) is 19.6. The zero-order valence-corrected chi connectivity index (χ0v) is 16.0. The molecule has 1 aliphatic rings. The lowest BCUT2D eigenvalue weighted by atomic mass is 9.95. The highest BCUT2D eigenvalue weighted by atomic mass is 35.5. The molecule has 0 aromatic heterocycles. The van der Waals surface area contributed by atoms with Crippen molar-refractivity contribution in [2.75, 3.05) is 13.6 Å². The molecule has 0 unspecified atom stereocenters. The standard InChI is InChI=1S/C19H21ClN4O2/c1-5-12-9-15(19(26)24(6-2)18(12)22-4)14-8-7-13(10-16(14)20)17(21)23-11(3)25/h5,7-10H,6H2,1-4H3,(H2,21,23,25)/b12-5-,22-18?. The highest BCUT2D eigenvalue weighted by Gasteiger charge is 2.30. The van der Waals surface area contributed by atoms with Crippen molar-refractivity contribution in [3.63, 3.8) is 0 Å². The minimum atomic E-state index is -0.393. The van der Waals surface area contributed by atoms with Crippen molar-refractivity contribution < 1.29 is 9.59 Å². The topological polar surface area (TPSA) is 88.1 Å². The number of hydrogen-bond acceptors (Lipinski definition) is 3. The fourth-order valence-corrected chi connectivity index (χ4v) is 3.04. The molecule has 0 fully saturated rings. The lowest BCUT2D eigenvalue weighted by molar-refractivity contribution is -0.121. The van der Waals surface area contributed by atoms with E-state index in [0.717, 1.165) is 5.57 Å². The van der Waals surface area contributed by atoms with Gasteiger partial charge in [0.2, 0.25) is 5.91 Å². The van der Waals surface area contributed by atoms with Crippen molar-refractivity contribution >= 4 is 40.7 Å². The Labute approximate surface area is 157 Å². The molecular weight excluding hydrogens is 352 g/mol. The van der Waals surface area contributed by atoms with Gasteiger partial charge in [-0.1, -0.05) is 29.8 Å². The molecule has 0 radical (unpaired) electrons. The van der Waals surface area contributed by atoms with Crippen LogP contribution in [-0.2, 0) is 9.59 Å². The van der Waals surface area contributed by atoms with E-state index in [2.05, 4.69) is 9.98 Å². The van der Waals surface area contributed by atoms with E-state index in [0.29, 0.717) is 34.1 Å². The van der Waals surface area contributed by atoms with Crippen LogP contribution in [-0.4, -0.2) is 42.0 Å². The summed E-state index contributed by atoms with van der Waals surface area (Å²) in [5.41, 5.74) is 8.23. The quantitative estimate of drug-likeness (QED) is 0.653. The molecule has 1 heterocycles. The Bertz CT molecular complexity index is 882. The number of aliphatic imine (C=N–C) groups is 2. The summed E-state index contributed by atoms with van der Waals surface area (Å²) >= 11 is 6.40. The average Bonchev–Trinajstić information content (AvgIpc) is 2.60. The summed E-state index contributed by atoms with van der Waals surface area (Å²) in [6.07, 6.45) is 3.68. The smallest absolute Gasteiger partial charge is 0.260 e. The monoisotopic (exact) mass is 372 g/mol. The molecule has 2 rings (SSSR count). The molecule has 0 saturated heterocycles. The number of amidine groups is 2. The molecule has 0 spiro atoms. The Morgan fingerprint density at radius 1 is 1.38 bits per heavy atom. The molecule has 0 aliphatic carbocycles. The molecule has 1 aromatic carbocycles. The third-order valence-electron chi connectivity index (χ3n) is 3.96. The van der Waals surface area contributed by atoms with Crippen LogP contribution in [0.15, 0.2) is 45.9 Å². The Morgan fingerprint density at radius 3 is 2.58 bits per heavy atom. The number of nitrogens with two attached hydrogens (primary N) is 1. The molecule has 136 valence electrons. The van der Waals surface area contributed by atoms with Crippen molar-refractivity contribution in [1.82, 2.24) is 4.90 Å². The Morgan fingerprint density at radius 2 is 2.08 bits per heavy atom. The van der Waals surface area contributed by atoms with E-state index in [-0.39, 0.29) is 11.7 Å². The number of nitrogens with zero attached hydrogens (tertiary/aromatic N) is 3. The van der Waals surface area contributed by atoms with Crippen LogP contribution in [0.1, 0.15) is 31.9 Å². The number of benzene rings is 1. The van der Waals surface area contributed by atoms with Crippen LogP contribution in [0.25, 0.3) is 5.57 Å². The highest BCUT2D eigenvalue weighted by Crippen LogP contribution is 2.31. The summed E-state index contributed by atoms with van der Waals surface area (Å²) < 4.78 is 0. The van der Waals surface area contributed by atoms with Crippen molar-refractivity contribution in [3.8, 4) is 0 Å². The number of rotatable bonds is 3. The van der Waals surface area contributed by atoms with E-state index in [1.807, 2.05) is 19.9 Å². The first-order chi connectivity index (χ1) is 12.3. The van der Waals surface area contributed by atoms with Crippen LogP contribution < -0.4 is 5.73 Å². The van der Waals surface area contributed by atoms with Gasteiger partial charge in [0.15, 0.2) is 0 Å². The number of carbonyl (C=O) groups is 2. The predicted molar refractivity (Wildman–Crippen MR) is 105 cm³/mol. The molecule has 0 saturated carbocycles. The average molecular weight is 373 g/mol. The maximum atomic E-state index is 12.9. The van der Waals surface area contributed by atoms with Gasteiger partial charge in [-0.3, -0.25) is 19.5 Å². The van der Waals surface area contributed by atoms with Crippen LogP contribution in [0.3, 0.4) is 0 Å². The van der Waals surface area contributed by atoms with Crippen molar-refractivity contribution in [2.24, 2.45) is 15.7 Å². The van der Waals surface area contributed by atoms with Gasteiger partial charge in [-0.15, -0.1) is 0 Å². The van der Waals surface area contributed by atoms with E-state index in [1.165, 1.54) is 6.92 Å². The lowest BCUT2D eigenvalue weighted by Gasteiger charge is -2.29. The molecule has 1 aromatic rings. The van der Waals surface area contributed by atoms with Crippen LogP contribution in [0, 0.1) is 0 Å². The maximum Gasteiger partial charge on any atom is 0.260 e. The molecule has 2 amide bonds. The molecule has 6 nitrogen and oxygen atoms in total. The zero-order valence-electron chi connectivity index (χ0n) is 15.2. The second kappa shape index (κ2) is 8.10. The molecule has 0 bridgehead atoms. The summed E-state index contributed by atoms with van der Waals surface area (Å²) in [6, 6.07) is 4.99. The van der Waals surface area contributed by atoms with Crippen molar-refractivity contribution in [3.05, 3.63) is 52.1 Å². The number of amides is 2. The Kier molecular flexibility index (Phi) is 6.10. The molecule has 2 N–H and O–H groups in total. The lowest BCUT2D eigenvalue weighted by Crippen LogP contribution is -2.41. The Balaban J connectivity index is 2.55. The fourth-order valence-electron chi connectivity index (χ4n) is 2.75. The number of likely N-dealkylation sites (N-methyl/N-ethyl adjacent to an activating group) is 1. The first-order valence-corrected chi connectivity index (χ1v) is 8.53. The minimum Gasteiger partial charge on any atom is -0.383 e. The van der Waals surface area contributed by atoms with Crippen LogP contribution in [0.5, 0.6) is 0 Å². The van der Waals surface area contributed by atoms with Gasteiger partial charge < -0.3 is 5.73 Å². The molecule has 26 heavy (non-hydrogen) atoms. The summed E-state index contributed by atoms with van der Waals surface area (Å²) in [4.78, 5) is 33.5. The molecule has 7 heteroatoms. The summed E-state index contributed by atoms with van der Waals surface area (Å²) in [5, 5.41) is 0.354. The summed E-state index contributed by atoms with van der Waals surface area (Å²) in [5.74, 6) is 0.156. The predicted octanol–water partition coefficient (Wildman–Crippen LogP) is 2.81. The minimum absolute atomic E-state index is 0.0830. The van der Waals surface area contributed by atoms with Crippen LogP contribution >= 0.6 is 11.6 Å². The van der Waals surface area contributed by atoms with E-state index >= 15 is 0 Å². The van der Waals surface area contributed by atoms with Gasteiger partial charge in [0.25, 0.3) is 5.91 Å². The Hall–Kier alpha value is -2.73. The maximum absolute atomic E-state index is 12.9. The van der Waals surface area contributed by atoms with Gasteiger partial charge in [-0.25, -0.2) is 0 Å². The second-order valence-corrected chi connectivity index (χ2v) is 6.02. The number of halogens is 1. The molecule has 0 atom stereocenters. The fraction of sp³-hybridized carbons (Fsp3) is 0.263. The summed E-state index contributed by atoms with van der Waals surface area (Å²) in [6.45, 7) is 5.60. The first-order valence-electron chi connectivity index (χ1n) is 8.16. The second-order valence-electron chi connectivity index (χ2n) is 5.61. The van der Waals surface area contributed by atoms with Gasteiger partial charge in [0.1, 0.15) is 11.7 Å². The number of carbonyl (C=O) groups excluding carboxylic acids is 2. The van der Waals surface area contributed by atoms with Crippen LogP contribution in [0.2, 0.25) is 5.02 Å². The van der Waals surface area contributed by atoms with Crippen LogP contribution in [0.4, 0.5) is 0 Å². The van der Waals surface area contributed by atoms with E-state index in [4.69, 9.17) is 17.3 Å². The van der Waals surface area contributed by atoms with E-state index in [9.17, 15) is 9.59 Å². The normalized spacial score (nSPS) is 18.5. The largest absolute Gasteiger partial charge is 0.383 e. The van der Waals surface area contributed by atoms with Gasteiger partial charge >= 0.3 is 0 Å². The third kappa shape index (κ3) is 3.75. The van der Waals surface area contributed by atoms with Crippen molar-refractivity contribution in [1.29, 1.82) is 0 Å². The summed E-state index contributed by atoms with van der Waals surface area (Å²) in [7, 11) is 1.66. The van der Waals surface area contributed by atoms with E-state index in [1.54, 1.807) is 36.2 Å². The zero-order chi connectivity index (χ0) is 19.4. The van der Waals surface area contributed by atoms with Gasteiger partial charge in [-0.05, 0) is 26.0 Å². The SMILES string of the molecule is C/C=C1/C=C(c2ccc(C(N)=NC(C)=O)cc2Cl)C(=O)N(CC)C1=NC. The van der Waals surface area contributed by atoms with Gasteiger partial charge in [0, 0.05) is 47.8 Å². The third-order valence-corrected chi connectivity index (χ3v) is 4.27. The van der Waals surface area contributed by atoms with Crippen molar-refractivity contribution in [2.45, 2.75) is 20.8 Å². The highest BCUT2D eigenvalue weighted by molar-refractivity contribution is 6.37. The van der Waals surface area contributed by atoms with Gasteiger partial charge in [-0.2, -0.15) is 4.99 Å². The molecular formula is C19H21ClN4O2. The van der Waals surface area contributed by atoms with E-state index < -0.39 is 5.91 Å². The number of allylic oxidation sites excluding steroid dienone is 1. The molecule has 1 aliphatic heterocycles. The van der Waals surface area contributed by atoms with Gasteiger partial charge in [0.05, 0.1) is 0 Å². The number of hydrogen-bond donors (Lipinski definition) is 1.